The molecule has 0 aliphatic carbocycles. The molecule has 0 radical (unpaired) electrons. The van der Waals surface area contributed by atoms with Crippen LogP contribution in [0.3, 0.4) is 0 Å². The second kappa shape index (κ2) is 5.31. The van der Waals surface area contributed by atoms with E-state index >= 15 is 0 Å². The molecule has 3 rings (SSSR count). The monoisotopic (exact) mass is 261 g/mol. The fraction of sp³-hybridized carbons (Fsp3) is 0.533. The molecule has 1 N–H and O–H groups in total. The highest BCUT2D eigenvalue weighted by atomic mass is 16.5. The Kier molecular flexibility index (Phi) is 3.53. The first-order valence-corrected chi connectivity index (χ1v) is 6.88. The van der Waals surface area contributed by atoms with Gasteiger partial charge in [-0.25, -0.2) is 0 Å². The molecule has 102 valence electrons. The second-order valence-electron chi connectivity index (χ2n) is 5.38. The van der Waals surface area contributed by atoms with Crippen molar-refractivity contribution in [1.82, 2.24) is 4.90 Å². The summed E-state index contributed by atoms with van der Waals surface area (Å²) in [5.74, 6) is -0.823. The summed E-state index contributed by atoms with van der Waals surface area (Å²) in [6.45, 7) is 3.10. The molecular weight excluding hydrogens is 242 g/mol. The Hall–Kier alpha value is -1.39. The van der Waals surface area contributed by atoms with E-state index in [1.54, 1.807) is 0 Å². The van der Waals surface area contributed by atoms with Gasteiger partial charge in [0.2, 0.25) is 0 Å². The summed E-state index contributed by atoms with van der Waals surface area (Å²) in [6.07, 6.45) is 1.49. The van der Waals surface area contributed by atoms with Crippen molar-refractivity contribution in [3.63, 3.8) is 0 Å². The van der Waals surface area contributed by atoms with E-state index in [0.717, 1.165) is 32.5 Å². The van der Waals surface area contributed by atoms with Gasteiger partial charge in [-0.05, 0) is 37.1 Å². The van der Waals surface area contributed by atoms with Crippen LogP contribution in [0.25, 0.3) is 0 Å². The summed E-state index contributed by atoms with van der Waals surface area (Å²) in [5.41, 5.74) is 2.61. The lowest BCUT2D eigenvalue weighted by atomic mass is 9.92. The maximum Gasteiger partial charge on any atom is 0.306 e. The van der Waals surface area contributed by atoms with Gasteiger partial charge in [0.25, 0.3) is 0 Å². The molecule has 19 heavy (non-hydrogen) atoms. The number of benzene rings is 1. The lowest BCUT2D eigenvalue weighted by molar-refractivity contribution is -0.143. The molecule has 2 aliphatic heterocycles. The van der Waals surface area contributed by atoms with E-state index < -0.39 is 5.97 Å². The molecule has 1 aromatic carbocycles. The van der Waals surface area contributed by atoms with Crippen LogP contribution in [0.15, 0.2) is 24.3 Å². The molecule has 2 heterocycles. The Labute approximate surface area is 113 Å². The third-order valence-corrected chi connectivity index (χ3v) is 4.27. The predicted octanol–water partition coefficient (Wildman–Crippen LogP) is 2.05. The van der Waals surface area contributed by atoms with Gasteiger partial charge in [-0.3, -0.25) is 9.69 Å². The summed E-state index contributed by atoms with van der Waals surface area (Å²) < 4.78 is 5.68. The number of rotatable bonds is 2. The van der Waals surface area contributed by atoms with Crippen molar-refractivity contribution in [3.8, 4) is 0 Å². The maximum atomic E-state index is 11.0. The Balaban J connectivity index is 1.73. The quantitative estimate of drug-likeness (QED) is 0.885. The first kappa shape index (κ1) is 12.6. The highest BCUT2D eigenvalue weighted by molar-refractivity contribution is 5.70. The molecule has 1 saturated heterocycles. The summed E-state index contributed by atoms with van der Waals surface area (Å²) in [5, 5.41) is 9.05. The zero-order valence-corrected chi connectivity index (χ0v) is 10.9. The van der Waals surface area contributed by atoms with Gasteiger partial charge in [-0.15, -0.1) is 0 Å². The first-order chi connectivity index (χ1) is 9.25. The van der Waals surface area contributed by atoms with Gasteiger partial charge in [-0.1, -0.05) is 24.3 Å². The Morgan fingerprint density at radius 1 is 1.26 bits per heavy atom. The largest absolute Gasteiger partial charge is 0.481 e. The second-order valence-corrected chi connectivity index (χ2v) is 5.38. The number of nitrogens with zero attached hydrogens (tertiary/aromatic N) is 1. The van der Waals surface area contributed by atoms with Crippen molar-refractivity contribution >= 4 is 5.97 Å². The SMILES string of the molecule is O=C(O)C1CCN(C2COCc3ccccc32)CC1. The van der Waals surface area contributed by atoms with Gasteiger partial charge in [0.05, 0.1) is 25.2 Å². The number of aliphatic carboxylic acids is 1. The Morgan fingerprint density at radius 3 is 2.74 bits per heavy atom. The number of likely N-dealkylation sites (tertiary alicyclic amines) is 1. The van der Waals surface area contributed by atoms with Gasteiger partial charge >= 0.3 is 5.97 Å². The highest BCUT2D eigenvalue weighted by Gasteiger charge is 2.31. The summed E-state index contributed by atoms with van der Waals surface area (Å²) in [7, 11) is 0. The molecule has 0 spiro atoms. The number of carbonyl (C=O) groups is 1. The minimum atomic E-state index is -0.653. The van der Waals surface area contributed by atoms with Crippen molar-refractivity contribution in [3.05, 3.63) is 35.4 Å². The molecule has 0 saturated carbocycles. The Morgan fingerprint density at radius 2 is 2.00 bits per heavy atom. The average molecular weight is 261 g/mol. The molecule has 0 aromatic heterocycles. The number of hydrogen-bond donors (Lipinski definition) is 1. The summed E-state index contributed by atoms with van der Waals surface area (Å²) in [6, 6.07) is 8.69. The van der Waals surface area contributed by atoms with Crippen LogP contribution in [0.1, 0.15) is 30.0 Å². The predicted molar refractivity (Wildman–Crippen MR) is 70.8 cm³/mol. The lowest BCUT2D eigenvalue weighted by Crippen LogP contribution is -2.41. The van der Waals surface area contributed by atoms with Crippen LogP contribution in [0.5, 0.6) is 0 Å². The lowest BCUT2D eigenvalue weighted by Gasteiger charge is -2.39. The molecule has 1 atom stereocenters. The van der Waals surface area contributed by atoms with E-state index in [2.05, 4.69) is 23.1 Å². The van der Waals surface area contributed by atoms with E-state index in [9.17, 15) is 4.79 Å². The van der Waals surface area contributed by atoms with E-state index in [1.165, 1.54) is 11.1 Å². The molecule has 0 bridgehead atoms. The zero-order chi connectivity index (χ0) is 13.2. The number of carboxylic acids is 1. The molecule has 1 fully saturated rings. The van der Waals surface area contributed by atoms with Crippen molar-refractivity contribution < 1.29 is 14.6 Å². The maximum absolute atomic E-state index is 11.0. The van der Waals surface area contributed by atoms with Crippen molar-refractivity contribution in [2.75, 3.05) is 19.7 Å². The molecule has 1 unspecified atom stereocenters. The number of carboxylic acid groups (broad SMARTS) is 1. The van der Waals surface area contributed by atoms with Gasteiger partial charge in [0, 0.05) is 0 Å². The van der Waals surface area contributed by atoms with Crippen LogP contribution in [-0.2, 0) is 16.1 Å². The summed E-state index contributed by atoms with van der Waals surface area (Å²) >= 11 is 0. The Bertz CT molecular complexity index is 466. The fourth-order valence-corrected chi connectivity index (χ4v) is 3.12. The van der Waals surface area contributed by atoms with Crippen LogP contribution in [0, 0.1) is 5.92 Å². The van der Waals surface area contributed by atoms with Crippen LogP contribution in [0.4, 0.5) is 0 Å². The smallest absolute Gasteiger partial charge is 0.306 e. The van der Waals surface area contributed by atoms with Crippen LogP contribution < -0.4 is 0 Å². The molecule has 0 amide bonds. The van der Waals surface area contributed by atoms with E-state index in [4.69, 9.17) is 9.84 Å². The molecular formula is C15H19NO3. The van der Waals surface area contributed by atoms with Gasteiger partial charge in [0.15, 0.2) is 0 Å². The third-order valence-electron chi connectivity index (χ3n) is 4.27. The van der Waals surface area contributed by atoms with Crippen molar-refractivity contribution in [2.45, 2.75) is 25.5 Å². The minimum absolute atomic E-state index is 0.170. The van der Waals surface area contributed by atoms with Gasteiger partial charge < -0.3 is 9.84 Å². The molecule has 1 aromatic rings. The van der Waals surface area contributed by atoms with E-state index in [-0.39, 0.29) is 5.92 Å². The van der Waals surface area contributed by atoms with Crippen LogP contribution >= 0.6 is 0 Å². The molecule has 4 heteroatoms. The van der Waals surface area contributed by atoms with Crippen LogP contribution in [0.2, 0.25) is 0 Å². The fourth-order valence-electron chi connectivity index (χ4n) is 3.12. The van der Waals surface area contributed by atoms with Crippen LogP contribution in [-0.4, -0.2) is 35.7 Å². The average Bonchev–Trinajstić information content (AvgIpc) is 2.47. The van der Waals surface area contributed by atoms with Gasteiger partial charge in [-0.2, -0.15) is 0 Å². The standard InChI is InChI=1S/C15H19NO3/c17-15(18)11-5-7-16(8-6-11)14-10-19-9-12-3-1-2-4-13(12)14/h1-4,11,14H,5-10H2,(H,17,18). The summed E-state index contributed by atoms with van der Waals surface area (Å²) in [4.78, 5) is 13.4. The number of fused-ring (bicyclic) bond motifs is 1. The van der Waals surface area contributed by atoms with Crippen molar-refractivity contribution in [1.29, 1.82) is 0 Å². The number of piperidine rings is 1. The highest BCUT2D eigenvalue weighted by Crippen LogP contribution is 2.32. The first-order valence-electron chi connectivity index (χ1n) is 6.88. The van der Waals surface area contributed by atoms with Gasteiger partial charge in [0.1, 0.15) is 0 Å². The third kappa shape index (κ3) is 2.51. The van der Waals surface area contributed by atoms with Crippen molar-refractivity contribution in [2.24, 2.45) is 5.92 Å². The zero-order valence-electron chi connectivity index (χ0n) is 10.9. The minimum Gasteiger partial charge on any atom is -0.481 e. The number of ether oxygens (including phenoxy) is 1. The normalized spacial score (nSPS) is 24.9. The van der Waals surface area contributed by atoms with E-state index in [0.29, 0.717) is 12.6 Å². The molecule has 2 aliphatic rings. The number of hydrogen-bond acceptors (Lipinski definition) is 3. The topological polar surface area (TPSA) is 49.8 Å². The van der Waals surface area contributed by atoms with E-state index in [1.807, 2.05) is 6.07 Å². The molecule has 4 nitrogen and oxygen atoms in total.